The molecule has 2 rings (SSSR count). The van der Waals surface area contributed by atoms with Crippen molar-refractivity contribution in [3.63, 3.8) is 0 Å². The largest absolute Gasteiger partial charge is 0.372 e. The summed E-state index contributed by atoms with van der Waals surface area (Å²) in [5.74, 6) is 0.509. The molecule has 0 aliphatic rings. The van der Waals surface area contributed by atoms with Crippen LogP contribution in [-0.2, 0) is 0 Å². The van der Waals surface area contributed by atoms with Crippen LogP contribution in [0.1, 0.15) is 0 Å². The van der Waals surface area contributed by atoms with E-state index in [0.717, 1.165) is 5.39 Å². The lowest BCUT2D eigenvalue weighted by Gasteiger charge is -2.13. The van der Waals surface area contributed by atoms with Crippen LogP contribution in [0.2, 0.25) is 5.02 Å². The molecule has 0 fully saturated rings. The van der Waals surface area contributed by atoms with Crippen molar-refractivity contribution in [3.05, 3.63) is 52.4 Å². The van der Waals surface area contributed by atoms with Crippen molar-refractivity contribution in [1.29, 1.82) is 0 Å². The van der Waals surface area contributed by atoms with Crippen molar-refractivity contribution in [2.45, 2.75) is 0 Å². The zero-order valence-electron chi connectivity index (χ0n) is 11.8. The fourth-order valence-electron chi connectivity index (χ4n) is 2.07. The minimum atomic E-state index is -0.415. The molecule has 108 valence electrons. The fourth-order valence-corrected chi connectivity index (χ4v) is 2.23. The number of nitrogens with one attached hydrogen (secondary N) is 1. The summed E-state index contributed by atoms with van der Waals surface area (Å²) in [6.07, 6.45) is 4.85. The highest BCUT2D eigenvalue weighted by atomic mass is 35.5. The normalized spacial score (nSPS) is 12.0. The summed E-state index contributed by atoms with van der Waals surface area (Å²) in [6.45, 7) is 3.66. The maximum absolute atomic E-state index is 12.3. The van der Waals surface area contributed by atoms with Crippen LogP contribution in [0, 0.1) is 0 Å². The SMILES string of the molecule is C=C/C=C(\C=N/C)n1c(=O)nc(NC)c2ccc(Cl)cc21. The number of rotatable bonds is 4. The Hall–Kier alpha value is -2.40. The summed E-state index contributed by atoms with van der Waals surface area (Å²) < 4.78 is 1.46. The smallest absolute Gasteiger partial charge is 0.354 e. The zero-order chi connectivity index (χ0) is 15.4. The zero-order valence-corrected chi connectivity index (χ0v) is 12.6. The highest BCUT2D eigenvalue weighted by molar-refractivity contribution is 6.31. The van der Waals surface area contributed by atoms with Gasteiger partial charge in [0.15, 0.2) is 0 Å². The summed E-state index contributed by atoms with van der Waals surface area (Å²) >= 11 is 6.07. The van der Waals surface area contributed by atoms with Gasteiger partial charge < -0.3 is 5.32 Å². The molecule has 6 heteroatoms. The second-order valence-corrected chi connectivity index (χ2v) is 4.64. The van der Waals surface area contributed by atoms with Crippen molar-refractivity contribution in [3.8, 4) is 0 Å². The van der Waals surface area contributed by atoms with Gasteiger partial charge in [0.25, 0.3) is 0 Å². The molecule has 0 aliphatic heterocycles. The lowest BCUT2D eigenvalue weighted by atomic mass is 10.2. The molecule has 0 atom stereocenters. The van der Waals surface area contributed by atoms with Crippen molar-refractivity contribution >= 4 is 40.2 Å². The highest BCUT2D eigenvalue weighted by Gasteiger charge is 2.12. The highest BCUT2D eigenvalue weighted by Crippen LogP contribution is 2.24. The number of benzene rings is 1. The summed E-state index contributed by atoms with van der Waals surface area (Å²) in [4.78, 5) is 20.4. The Bertz CT molecular complexity index is 805. The average Bonchev–Trinajstić information content (AvgIpc) is 2.46. The minimum Gasteiger partial charge on any atom is -0.372 e. The molecule has 0 saturated heterocycles. The van der Waals surface area contributed by atoms with E-state index in [1.807, 2.05) is 6.07 Å². The van der Waals surface area contributed by atoms with E-state index in [1.165, 1.54) is 4.57 Å². The Kier molecular flexibility index (Phi) is 4.55. The topological polar surface area (TPSA) is 59.3 Å². The number of anilines is 1. The lowest BCUT2D eigenvalue weighted by Crippen LogP contribution is -2.24. The third-order valence-electron chi connectivity index (χ3n) is 2.90. The average molecular weight is 303 g/mol. The van der Waals surface area contributed by atoms with Crippen LogP contribution < -0.4 is 11.0 Å². The standard InChI is InChI=1S/C15H15ClN4O/c1-4-5-11(9-17-2)20-13-8-10(16)6-7-12(13)14(18-3)19-15(20)21/h4-9H,1H2,2-3H3,(H,18,19,21)/b11-5+,17-9-. The van der Waals surface area contributed by atoms with E-state index in [4.69, 9.17) is 11.6 Å². The minimum absolute atomic E-state index is 0.415. The molecule has 1 aromatic heterocycles. The Morgan fingerprint density at radius 2 is 2.29 bits per heavy atom. The molecule has 0 amide bonds. The van der Waals surface area contributed by atoms with E-state index in [2.05, 4.69) is 21.9 Å². The molecule has 0 saturated carbocycles. The van der Waals surface area contributed by atoms with Gasteiger partial charge in [0.1, 0.15) is 5.82 Å². The van der Waals surface area contributed by atoms with Gasteiger partial charge in [0.05, 0.1) is 11.2 Å². The monoisotopic (exact) mass is 302 g/mol. The van der Waals surface area contributed by atoms with Gasteiger partial charge in [-0.3, -0.25) is 9.56 Å². The first-order chi connectivity index (χ1) is 10.1. The second-order valence-electron chi connectivity index (χ2n) is 4.20. The van der Waals surface area contributed by atoms with Crippen LogP contribution in [0.5, 0.6) is 0 Å². The van der Waals surface area contributed by atoms with Crippen molar-refractivity contribution in [2.24, 2.45) is 4.99 Å². The molecule has 0 spiro atoms. The summed E-state index contributed by atoms with van der Waals surface area (Å²) in [7, 11) is 3.35. The van der Waals surface area contributed by atoms with Gasteiger partial charge in [-0.15, -0.1) is 0 Å². The molecule has 21 heavy (non-hydrogen) atoms. The number of halogens is 1. The summed E-state index contributed by atoms with van der Waals surface area (Å²) in [5, 5.41) is 4.25. The molecular weight excluding hydrogens is 288 g/mol. The van der Waals surface area contributed by atoms with Gasteiger partial charge in [0.2, 0.25) is 0 Å². The van der Waals surface area contributed by atoms with E-state index in [0.29, 0.717) is 22.1 Å². The summed E-state index contributed by atoms with van der Waals surface area (Å²) in [5.41, 5.74) is 0.807. The first kappa shape index (κ1) is 15.0. The Morgan fingerprint density at radius 1 is 1.52 bits per heavy atom. The number of hydrogen-bond acceptors (Lipinski definition) is 4. The van der Waals surface area contributed by atoms with Gasteiger partial charge in [0, 0.05) is 30.7 Å². The number of hydrogen-bond donors (Lipinski definition) is 1. The number of aromatic nitrogens is 2. The molecular formula is C15H15ClN4O. The fraction of sp³-hybridized carbons (Fsp3) is 0.133. The third kappa shape index (κ3) is 2.87. The number of nitrogens with zero attached hydrogens (tertiary/aromatic N) is 3. The Morgan fingerprint density at radius 3 is 2.90 bits per heavy atom. The van der Waals surface area contributed by atoms with E-state index in [1.54, 1.807) is 44.6 Å². The molecule has 0 radical (unpaired) electrons. The van der Waals surface area contributed by atoms with E-state index < -0.39 is 5.69 Å². The summed E-state index contributed by atoms with van der Waals surface area (Å²) in [6, 6.07) is 5.30. The second kappa shape index (κ2) is 6.37. The van der Waals surface area contributed by atoms with Gasteiger partial charge in [-0.05, 0) is 24.3 Å². The van der Waals surface area contributed by atoms with E-state index in [-0.39, 0.29) is 0 Å². The lowest BCUT2D eigenvalue weighted by molar-refractivity contribution is 0.996. The van der Waals surface area contributed by atoms with Crippen LogP contribution in [0.3, 0.4) is 0 Å². The van der Waals surface area contributed by atoms with Crippen LogP contribution in [0.15, 0.2) is 46.7 Å². The Balaban J connectivity index is 2.94. The maximum Gasteiger partial charge on any atom is 0.354 e. The maximum atomic E-state index is 12.3. The van der Waals surface area contributed by atoms with Gasteiger partial charge >= 0.3 is 5.69 Å². The quantitative estimate of drug-likeness (QED) is 0.698. The molecule has 0 unspecified atom stereocenters. The van der Waals surface area contributed by atoms with Gasteiger partial charge in [-0.25, -0.2) is 4.79 Å². The van der Waals surface area contributed by atoms with E-state index in [9.17, 15) is 4.79 Å². The third-order valence-corrected chi connectivity index (χ3v) is 3.13. The molecule has 2 aromatic rings. The molecule has 1 aromatic carbocycles. The van der Waals surface area contributed by atoms with Crippen molar-refractivity contribution < 1.29 is 0 Å². The van der Waals surface area contributed by atoms with Crippen molar-refractivity contribution in [1.82, 2.24) is 9.55 Å². The number of fused-ring (bicyclic) bond motifs is 1. The first-order valence-electron chi connectivity index (χ1n) is 6.27. The molecule has 1 N–H and O–H groups in total. The predicted octanol–water partition coefficient (Wildman–Crippen LogP) is 2.82. The molecule has 0 bridgehead atoms. The molecule has 0 aliphatic carbocycles. The number of allylic oxidation sites excluding steroid dienone is 3. The van der Waals surface area contributed by atoms with E-state index >= 15 is 0 Å². The van der Waals surface area contributed by atoms with Gasteiger partial charge in [-0.2, -0.15) is 4.98 Å². The molecule has 1 heterocycles. The van der Waals surface area contributed by atoms with Gasteiger partial charge in [-0.1, -0.05) is 24.3 Å². The van der Waals surface area contributed by atoms with Crippen LogP contribution in [0.4, 0.5) is 5.82 Å². The first-order valence-corrected chi connectivity index (χ1v) is 6.65. The van der Waals surface area contributed by atoms with Crippen LogP contribution in [0.25, 0.3) is 16.6 Å². The van der Waals surface area contributed by atoms with Crippen LogP contribution >= 0.6 is 11.6 Å². The molecule has 5 nitrogen and oxygen atoms in total. The number of aliphatic imine (C=N–C) groups is 1. The van der Waals surface area contributed by atoms with Crippen molar-refractivity contribution in [2.75, 3.05) is 19.4 Å². The van der Waals surface area contributed by atoms with Crippen LogP contribution in [-0.4, -0.2) is 29.9 Å². The predicted molar refractivity (Wildman–Crippen MR) is 89.4 cm³/mol. The Labute approximate surface area is 127 Å².